The first-order valence-corrected chi connectivity index (χ1v) is 6.00. The fourth-order valence-electron chi connectivity index (χ4n) is 3.12. The lowest BCUT2D eigenvalue weighted by Crippen LogP contribution is -2.38. The van der Waals surface area contributed by atoms with Crippen molar-refractivity contribution in [2.45, 2.75) is 45.6 Å². The van der Waals surface area contributed by atoms with Crippen LogP contribution in [0, 0.1) is 11.3 Å². The smallest absolute Gasteiger partial charge is 0.310 e. The van der Waals surface area contributed by atoms with E-state index >= 15 is 0 Å². The van der Waals surface area contributed by atoms with Crippen molar-refractivity contribution in [3.8, 4) is 0 Å². The quantitative estimate of drug-likeness (QED) is 0.759. The fraction of sp³-hybridized carbons (Fsp3) is 0.917. The predicted octanol–water partition coefficient (Wildman–Crippen LogP) is 1.97. The summed E-state index contributed by atoms with van der Waals surface area (Å²) in [4.78, 5) is 13.5. The molecule has 2 fully saturated rings. The predicted molar refractivity (Wildman–Crippen MR) is 58.7 cm³/mol. The third-order valence-corrected chi connectivity index (χ3v) is 4.30. The number of carboxylic acids is 1. The van der Waals surface area contributed by atoms with E-state index in [0.29, 0.717) is 6.04 Å². The van der Waals surface area contributed by atoms with Gasteiger partial charge < -0.3 is 5.11 Å². The summed E-state index contributed by atoms with van der Waals surface area (Å²) in [7, 11) is 0. The van der Waals surface area contributed by atoms with Crippen LogP contribution >= 0.6 is 0 Å². The van der Waals surface area contributed by atoms with Crippen molar-refractivity contribution in [3.63, 3.8) is 0 Å². The molecule has 15 heavy (non-hydrogen) atoms. The van der Waals surface area contributed by atoms with Gasteiger partial charge in [-0.3, -0.25) is 9.69 Å². The van der Waals surface area contributed by atoms with E-state index in [2.05, 4.69) is 11.8 Å². The van der Waals surface area contributed by atoms with E-state index in [4.69, 9.17) is 0 Å². The molecule has 0 bridgehead atoms. The highest BCUT2D eigenvalue weighted by molar-refractivity contribution is 5.74. The molecule has 1 aliphatic carbocycles. The van der Waals surface area contributed by atoms with Crippen molar-refractivity contribution in [2.75, 3.05) is 13.1 Å². The molecule has 1 aliphatic heterocycles. The van der Waals surface area contributed by atoms with Crippen LogP contribution in [0.4, 0.5) is 0 Å². The summed E-state index contributed by atoms with van der Waals surface area (Å²) in [5, 5.41) is 9.17. The van der Waals surface area contributed by atoms with Crippen molar-refractivity contribution in [1.29, 1.82) is 0 Å². The highest BCUT2D eigenvalue weighted by Gasteiger charge is 2.44. The van der Waals surface area contributed by atoms with Gasteiger partial charge in [0, 0.05) is 12.6 Å². The summed E-state index contributed by atoms with van der Waals surface area (Å²) in [6, 6.07) is 0.645. The first kappa shape index (κ1) is 10.9. The molecule has 1 N–H and O–H groups in total. The number of nitrogens with zero attached hydrogens (tertiary/aromatic N) is 1. The Labute approximate surface area is 91.5 Å². The zero-order valence-electron chi connectivity index (χ0n) is 9.70. The highest BCUT2D eigenvalue weighted by Crippen LogP contribution is 2.37. The van der Waals surface area contributed by atoms with E-state index < -0.39 is 11.4 Å². The molecule has 3 atom stereocenters. The molecule has 0 spiro atoms. The van der Waals surface area contributed by atoms with Gasteiger partial charge in [0.25, 0.3) is 0 Å². The Bertz CT molecular complexity index is 266. The summed E-state index contributed by atoms with van der Waals surface area (Å²) < 4.78 is 0. The van der Waals surface area contributed by atoms with Crippen molar-refractivity contribution in [3.05, 3.63) is 0 Å². The minimum Gasteiger partial charge on any atom is -0.481 e. The van der Waals surface area contributed by atoms with Crippen molar-refractivity contribution in [1.82, 2.24) is 4.90 Å². The van der Waals surface area contributed by atoms with Crippen LogP contribution in [0.2, 0.25) is 0 Å². The van der Waals surface area contributed by atoms with Gasteiger partial charge in [-0.1, -0.05) is 13.3 Å². The van der Waals surface area contributed by atoms with E-state index in [-0.39, 0.29) is 0 Å². The molecule has 2 rings (SSSR count). The molecule has 0 radical (unpaired) electrons. The zero-order valence-corrected chi connectivity index (χ0v) is 9.70. The number of aliphatic carboxylic acids is 1. The summed E-state index contributed by atoms with van der Waals surface area (Å²) in [6.45, 7) is 5.90. The van der Waals surface area contributed by atoms with Crippen LogP contribution in [-0.2, 0) is 4.79 Å². The molecule has 1 heterocycles. The normalized spacial score (nSPS) is 42.3. The van der Waals surface area contributed by atoms with Crippen LogP contribution in [-0.4, -0.2) is 35.1 Å². The average molecular weight is 211 g/mol. The molecule has 1 saturated carbocycles. The Morgan fingerprint density at radius 3 is 2.67 bits per heavy atom. The summed E-state index contributed by atoms with van der Waals surface area (Å²) in [6.07, 6.45) is 4.69. The molecule has 3 nitrogen and oxygen atoms in total. The van der Waals surface area contributed by atoms with E-state index in [1.54, 1.807) is 0 Å². The monoisotopic (exact) mass is 211 g/mol. The van der Waals surface area contributed by atoms with Gasteiger partial charge in [0.15, 0.2) is 0 Å². The van der Waals surface area contributed by atoms with Crippen LogP contribution in [0.25, 0.3) is 0 Å². The second-order valence-electron chi connectivity index (χ2n) is 5.56. The van der Waals surface area contributed by atoms with E-state index in [1.165, 1.54) is 19.3 Å². The third kappa shape index (κ3) is 1.89. The molecule has 0 aromatic rings. The Morgan fingerprint density at radius 2 is 2.20 bits per heavy atom. The number of rotatable bonds is 2. The first-order valence-electron chi connectivity index (χ1n) is 6.00. The number of hydrogen-bond donors (Lipinski definition) is 1. The SMILES string of the molecule is CC1CCCC1N1CCC(C)(C(=O)O)C1. The van der Waals surface area contributed by atoms with Gasteiger partial charge in [0.05, 0.1) is 5.41 Å². The highest BCUT2D eigenvalue weighted by atomic mass is 16.4. The van der Waals surface area contributed by atoms with Crippen molar-refractivity contribution < 1.29 is 9.90 Å². The van der Waals surface area contributed by atoms with Gasteiger partial charge in [0.1, 0.15) is 0 Å². The topological polar surface area (TPSA) is 40.5 Å². The van der Waals surface area contributed by atoms with Crippen molar-refractivity contribution >= 4 is 5.97 Å². The largest absolute Gasteiger partial charge is 0.481 e. The van der Waals surface area contributed by atoms with Gasteiger partial charge in [-0.15, -0.1) is 0 Å². The fourth-order valence-corrected chi connectivity index (χ4v) is 3.12. The Morgan fingerprint density at radius 1 is 1.47 bits per heavy atom. The molecule has 2 aliphatic rings. The molecular weight excluding hydrogens is 190 g/mol. The number of likely N-dealkylation sites (tertiary alicyclic amines) is 1. The molecule has 3 unspecified atom stereocenters. The van der Waals surface area contributed by atoms with Crippen LogP contribution in [0.5, 0.6) is 0 Å². The van der Waals surface area contributed by atoms with Crippen LogP contribution < -0.4 is 0 Å². The lowest BCUT2D eigenvalue weighted by atomic mass is 9.90. The molecule has 0 aromatic carbocycles. The molecule has 86 valence electrons. The molecule has 0 aromatic heterocycles. The van der Waals surface area contributed by atoms with Gasteiger partial charge in [0.2, 0.25) is 0 Å². The standard InChI is InChI=1S/C12H21NO2/c1-9-4-3-5-10(9)13-7-6-12(2,8-13)11(14)15/h9-10H,3-8H2,1-2H3,(H,14,15). The van der Waals surface area contributed by atoms with Gasteiger partial charge >= 0.3 is 5.97 Å². The maximum Gasteiger partial charge on any atom is 0.310 e. The summed E-state index contributed by atoms with van der Waals surface area (Å²) in [5.74, 6) is 0.122. The van der Waals surface area contributed by atoms with E-state index in [0.717, 1.165) is 25.4 Å². The minimum atomic E-state index is -0.629. The zero-order chi connectivity index (χ0) is 11.1. The van der Waals surface area contributed by atoms with Gasteiger partial charge in [-0.05, 0) is 38.6 Å². The minimum absolute atomic E-state index is 0.498. The van der Waals surface area contributed by atoms with Crippen LogP contribution in [0.3, 0.4) is 0 Å². The molecule has 1 saturated heterocycles. The summed E-state index contributed by atoms with van der Waals surface area (Å²) >= 11 is 0. The van der Waals surface area contributed by atoms with Gasteiger partial charge in [-0.25, -0.2) is 0 Å². The maximum atomic E-state index is 11.1. The summed E-state index contributed by atoms with van der Waals surface area (Å²) in [5.41, 5.74) is -0.498. The second kappa shape index (κ2) is 3.78. The van der Waals surface area contributed by atoms with Crippen LogP contribution in [0.15, 0.2) is 0 Å². The Balaban J connectivity index is 2.00. The lowest BCUT2D eigenvalue weighted by Gasteiger charge is -2.28. The Kier molecular flexibility index (Phi) is 2.75. The molecule has 3 heteroatoms. The van der Waals surface area contributed by atoms with E-state index in [1.807, 2.05) is 6.92 Å². The lowest BCUT2D eigenvalue weighted by molar-refractivity contribution is -0.147. The average Bonchev–Trinajstić information content (AvgIpc) is 2.73. The number of carboxylic acid groups (broad SMARTS) is 1. The third-order valence-electron chi connectivity index (χ3n) is 4.30. The van der Waals surface area contributed by atoms with Crippen molar-refractivity contribution in [2.24, 2.45) is 11.3 Å². The van der Waals surface area contributed by atoms with Gasteiger partial charge in [-0.2, -0.15) is 0 Å². The number of hydrogen-bond acceptors (Lipinski definition) is 2. The maximum absolute atomic E-state index is 11.1. The Hall–Kier alpha value is -0.570. The molecular formula is C12H21NO2. The van der Waals surface area contributed by atoms with E-state index in [9.17, 15) is 9.90 Å². The molecule has 0 amide bonds. The van der Waals surface area contributed by atoms with Crippen LogP contribution in [0.1, 0.15) is 39.5 Å². The number of carbonyl (C=O) groups is 1. The first-order chi connectivity index (χ1) is 7.03. The second-order valence-corrected chi connectivity index (χ2v) is 5.56.